The van der Waals surface area contributed by atoms with Crippen LogP contribution in [0.1, 0.15) is 38.5 Å². The van der Waals surface area contributed by atoms with Crippen molar-refractivity contribution in [2.24, 2.45) is 11.3 Å². The fourth-order valence-corrected chi connectivity index (χ4v) is 4.23. The number of hydrogen-bond acceptors (Lipinski definition) is 5. The molecule has 0 aromatic heterocycles. The Morgan fingerprint density at radius 2 is 2.12 bits per heavy atom. The van der Waals surface area contributed by atoms with E-state index < -0.39 is 17.6 Å². The minimum Gasteiger partial charge on any atom is -0.469 e. The zero-order chi connectivity index (χ0) is 18.9. The smallest absolute Gasteiger partial charge is 0.312 e. The Balaban J connectivity index is 1.86. The zero-order valence-corrected chi connectivity index (χ0v) is 15.5. The minimum atomic E-state index is -0.820. The molecule has 2 amide bonds. The molecule has 4 atom stereocenters. The highest BCUT2D eigenvalue weighted by molar-refractivity contribution is 5.92. The first-order chi connectivity index (χ1) is 12.4. The predicted octanol–water partition coefficient (Wildman–Crippen LogP) is 0.716. The number of esters is 1. The van der Waals surface area contributed by atoms with Crippen LogP contribution >= 0.6 is 0 Å². The maximum absolute atomic E-state index is 12.9. The van der Waals surface area contributed by atoms with E-state index in [1.54, 1.807) is 11.9 Å². The topological polar surface area (TPSA) is 87.1 Å². The summed E-state index contributed by atoms with van der Waals surface area (Å²) in [6.45, 7) is 0.775. The quantitative estimate of drug-likeness (QED) is 0.547. The molecular formula is C19H28N2O5. The van der Waals surface area contributed by atoms with Gasteiger partial charge in [-0.05, 0) is 31.6 Å². The van der Waals surface area contributed by atoms with Crippen LogP contribution in [0.5, 0.6) is 0 Å². The van der Waals surface area contributed by atoms with Gasteiger partial charge in [0.1, 0.15) is 6.04 Å². The second-order valence-corrected chi connectivity index (χ2v) is 7.77. The van der Waals surface area contributed by atoms with Crippen LogP contribution in [0.15, 0.2) is 12.2 Å². The summed E-state index contributed by atoms with van der Waals surface area (Å²) in [4.78, 5) is 41.1. The molecule has 2 heterocycles. The van der Waals surface area contributed by atoms with Gasteiger partial charge >= 0.3 is 5.97 Å². The molecule has 1 aliphatic carbocycles. The van der Waals surface area contributed by atoms with Crippen LogP contribution in [0.2, 0.25) is 0 Å². The van der Waals surface area contributed by atoms with Gasteiger partial charge in [-0.2, -0.15) is 0 Å². The van der Waals surface area contributed by atoms with Gasteiger partial charge in [0.05, 0.1) is 18.6 Å². The van der Waals surface area contributed by atoms with Crippen LogP contribution in [-0.2, 0) is 19.1 Å². The Hall–Kier alpha value is -1.89. The lowest BCUT2D eigenvalue weighted by molar-refractivity contribution is -0.152. The van der Waals surface area contributed by atoms with Gasteiger partial charge < -0.3 is 19.6 Å². The average molecular weight is 364 g/mol. The summed E-state index contributed by atoms with van der Waals surface area (Å²) in [6, 6.07) is -0.645. The van der Waals surface area contributed by atoms with Crippen molar-refractivity contribution in [3.63, 3.8) is 0 Å². The molecule has 3 rings (SSSR count). The van der Waals surface area contributed by atoms with Crippen molar-refractivity contribution < 1.29 is 24.2 Å². The van der Waals surface area contributed by atoms with Crippen molar-refractivity contribution in [2.75, 3.05) is 27.2 Å². The van der Waals surface area contributed by atoms with Crippen LogP contribution in [0, 0.1) is 11.3 Å². The van der Waals surface area contributed by atoms with Crippen molar-refractivity contribution in [1.82, 2.24) is 9.80 Å². The zero-order valence-electron chi connectivity index (χ0n) is 15.5. The first kappa shape index (κ1) is 18.9. The van der Waals surface area contributed by atoms with Crippen LogP contribution in [0.25, 0.3) is 0 Å². The Labute approximate surface area is 154 Å². The molecule has 0 unspecified atom stereocenters. The fourth-order valence-electron chi connectivity index (χ4n) is 4.23. The molecule has 2 aliphatic heterocycles. The average Bonchev–Trinajstić information content (AvgIpc) is 3.16. The van der Waals surface area contributed by atoms with E-state index in [9.17, 15) is 19.5 Å². The monoisotopic (exact) mass is 364 g/mol. The number of fused-ring (bicyclic) bond motifs is 2. The van der Waals surface area contributed by atoms with Gasteiger partial charge in [-0.15, -0.1) is 0 Å². The van der Waals surface area contributed by atoms with Crippen molar-refractivity contribution in [3.05, 3.63) is 12.2 Å². The number of aliphatic hydroxyl groups excluding tert-OH is 1. The van der Waals surface area contributed by atoms with E-state index in [0.29, 0.717) is 13.0 Å². The molecule has 0 spiro atoms. The van der Waals surface area contributed by atoms with E-state index in [0.717, 1.165) is 19.3 Å². The van der Waals surface area contributed by atoms with E-state index in [1.807, 2.05) is 6.08 Å². The maximum atomic E-state index is 12.9. The first-order valence-electron chi connectivity index (χ1n) is 9.36. The highest BCUT2D eigenvalue weighted by Gasteiger charge is 2.61. The number of amides is 2. The molecule has 7 heteroatoms. The summed E-state index contributed by atoms with van der Waals surface area (Å²) in [5.74, 6) is -0.757. The fraction of sp³-hybridized carbons (Fsp3) is 0.737. The van der Waals surface area contributed by atoms with E-state index >= 15 is 0 Å². The number of ether oxygens (including phenoxy) is 1. The third-order valence-corrected chi connectivity index (χ3v) is 5.94. The molecule has 26 heavy (non-hydrogen) atoms. The van der Waals surface area contributed by atoms with Gasteiger partial charge in [0, 0.05) is 33.0 Å². The molecule has 0 bridgehead atoms. The largest absolute Gasteiger partial charge is 0.469 e. The van der Waals surface area contributed by atoms with Crippen LogP contribution in [0.4, 0.5) is 0 Å². The number of allylic oxidation sites excluding steroid dienone is 2. The van der Waals surface area contributed by atoms with E-state index in [-0.39, 0.29) is 43.1 Å². The predicted molar refractivity (Wildman–Crippen MR) is 93.9 cm³/mol. The second-order valence-electron chi connectivity index (χ2n) is 7.77. The van der Waals surface area contributed by atoms with E-state index in [1.165, 1.54) is 12.0 Å². The summed E-state index contributed by atoms with van der Waals surface area (Å²) in [5.41, 5.74) is -0.820. The number of carbonyl (C=O) groups excluding carboxylic acids is 3. The summed E-state index contributed by atoms with van der Waals surface area (Å²) in [6.07, 6.45) is 6.98. The molecular weight excluding hydrogens is 336 g/mol. The SMILES string of the molecule is COC(=O)[C@]12CC(=O)N3C[C@H](O)C[C@H]3C(=O)N(C)CCCC/C=C\[C@@H]1C2. The first-order valence-corrected chi connectivity index (χ1v) is 9.36. The molecule has 144 valence electrons. The Bertz CT molecular complexity index is 619. The van der Waals surface area contributed by atoms with Crippen LogP contribution in [-0.4, -0.2) is 72.1 Å². The standard InChI is InChI=1S/C19H28N2O5/c1-20-8-6-4-3-5-7-13-10-19(13,18(25)26-2)11-16(23)21-12-14(22)9-15(21)17(20)24/h5,7,13-15,22H,3-4,6,8-12H2,1-2H3/b7-5-/t13-,14-,15+,19-/m1/s1. The summed E-state index contributed by atoms with van der Waals surface area (Å²) < 4.78 is 4.95. The minimum absolute atomic E-state index is 0.00573. The highest BCUT2D eigenvalue weighted by Crippen LogP contribution is 2.57. The molecule has 1 saturated carbocycles. The Morgan fingerprint density at radius 3 is 2.85 bits per heavy atom. The number of rotatable bonds is 1. The van der Waals surface area contributed by atoms with E-state index in [4.69, 9.17) is 4.74 Å². The summed E-state index contributed by atoms with van der Waals surface area (Å²) in [7, 11) is 3.08. The summed E-state index contributed by atoms with van der Waals surface area (Å²) in [5, 5.41) is 10.0. The maximum Gasteiger partial charge on any atom is 0.312 e. The van der Waals surface area contributed by atoms with Gasteiger partial charge in [0.2, 0.25) is 11.8 Å². The molecule has 0 aromatic carbocycles. The van der Waals surface area contributed by atoms with Crippen molar-refractivity contribution in [1.29, 1.82) is 0 Å². The number of carbonyl (C=O) groups is 3. The number of nitrogens with zero attached hydrogens (tertiary/aromatic N) is 2. The second kappa shape index (κ2) is 7.39. The number of aliphatic hydroxyl groups is 1. The highest BCUT2D eigenvalue weighted by atomic mass is 16.5. The number of likely N-dealkylation sites (N-methyl/N-ethyl adjacent to an activating group) is 1. The number of methoxy groups -OCH3 is 1. The van der Waals surface area contributed by atoms with Crippen LogP contribution < -0.4 is 0 Å². The van der Waals surface area contributed by atoms with Crippen LogP contribution in [0.3, 0.4) is 0 Å². The van der Waals surface area contributed by atoms with Crippen molar-refractivity contribution in [3.8, 4) is 0 Å². The van der Waals surface area contributed by atoms with Crippen molar-refractivity contribution in [2.45, 2.75) is 50.7 Å². The lowest BCUT2D eigenvalue weighted by Crippen LogP contribution is -2.47. The Morgan fingerprint density at radius 1 is 1.35 bits per heavy atom. The lowest BCUT2D eigenvalue weighted by Gasteiger charge is -2.29. The van der Waals surface area contributed by atoms with Gasteiger partial charge in [-0.1, -0.05) is 12.2 Å². The Kier molecular flexibility index (Phi) is 5.37. The molecule has 1 N–H and O–H groups in total. The summed E-state index contributed by atoms with van der Waals surface area (Å²) >= 11 is 0. The van der Waals surface area contributed by atoms with Gasteiger partial charge in [-0.25, -0.2) is 0 Å². The molecule has 0 aromatic rings. The molecule has 0 radical (unpaired) electrons. The van der Waals surface area contributed by atoms with Gasteiger partial charge in [0.15, 0.2) is 0 Å². The third kappa shape index (κ3) is 3.49. The van der Waals surface area contributed by atoms with Crippen molar-refractivity contribution >= 4 is 17.8 Å². The normalized spacial score (nSPS) is 36.8. The lowest BCUT2D eigenvalue weighted by atomic mass is 9.97. The molecule has 2 fully saturated rings. The van der Waals surface area contributed by atoms with Gasteiger partial charge in [-0.3, -0.25) is 14.4 Å². The molecule has 7 nitrogen and oxygen atoms in total. The molecule has 3 aliphatic rings. The van der Waals surface area contributed by atoms with E-state index in [2.05, 4.69) is 6.08 Å². The molecule has 1 saturated heterocycles. The number of hydrogen-bond donors (Lipinski definition) is 1. The van der Waals surface area contributed by atoms with Gasteiger partial charge in [0.25, 0.3) is 0 Å². The third-order valence-electron chi connectivity index (χ3n) is 5.94.